The van der Waals surface area contributed by atoms with Crippen LogP contribution in [0.1, 0.15) is 49.1 Å². The first-order chi connectivity index (χ1) is 15.4. The summed E-state index contributed by atoms with van der Waals surface area (Å²) in [4.78, 5) is 43.2. The molecule has 0 fully saturated rings. The average molecular weight is 438 g/mol. The smallest absolute Gasteiger partial charge is 0.290 e. The van der Waals surface area contributed by atoms with Crippen molar-refractivity contribution in [3.8, 4) is 5.75 Å². The first-order valence-electron chi connectivity index (χ1n) is 11.1. The van der Waals surface area contributed by atoms with Crippen LogP contribution in [0.5, 0.6) is 5.75 Å². The summed E-state index contributed by atoms with van der Waals surface area (Å²) in [7, 11) is 0. The number of ketones is 1. The monoisotopic (exact) mass is 437 g/mol. The Kier molecular flexibility index (Phi) is 7.98. The first kappa shape index (κ1) is 23.4. The number of fused-ring (bicyclic) bond motifs is 1. The van der Waals surface area contributed by atoms with Gasteiger partial charge >= 0.3 is 0 Å². The van der Waals surface area contributed by atoms with Crippen LogP contribution in [0, 0.1) is 12.8 Å². The van der Waals surface area contributed by atoms with Crippen molar-refractivity contribution in [3.63, 3.8) is 0 Å². The Morgan fingerprint density at radius 1 is 1.22 bits per heavy atom. The second-order valence-corrected chi connectivity index (χ2v) is 8.16. The van der Waals surface area contributed by atoms with Gasteiger partial charge in [-0.1, -0.05) is 32.0 Å². The lowest BCUT2D eigenvalue weighted by Crippen LogP contribution is -2.42. The van der Waals surface area contributed by atoms with Gasteiger partial charge in [0.2, 0.25) is 11.7 Å². The number of carbonyl (C=O) groups excluding carboxylic acids is 3. The number of hydrogen-bond donors (Lipinski definition) is 1. The second kappa shape index (κ2) is 10.9. The molecule has 0 aliphatic carbocycles. The van der Waals surface area contributed by atoms with Gasteiger partial charge in [0, 0.05) is 37.4 Å². The average Bonchev–Trinajstić information content (AvgIpc) is 2.82. The number of amides is 2. The third-order valence-electron chi connectivity index (χ3n) is 5.96. The molecular formula is C25H31N3O4. The maximum Gasteiger partial charge on any atom is 0.290 e. The van der Waals surface area contributed by atoms with Crippen molar-refractivity contribution in [1.29, 1.82) is 0 Å². The van der Waals surface area contributed by atoms with Crippen molar-refractivity contribution in [2.24, 2.45) is 5.92 Å². The molecule has 1 N–H and O–H groups in total. The van der Waals surface area contributed by atoms with Gasteiger partial charge in [0.25, 0.3) is 5.91 Å². The van der Waals surface area contributed by atoms with Crippen LogP contribution >= 0.6 is 0 Å². The van der Waals surface area contributed by atoms with Crippen LogP contribution in [-0.2, 0) is 33.9 Å². The molecule has 0 spiro atoms. The van der Waals surface area contributed by atoms with Gasteiger partial charge in [-0.25, -0.2) is 0 Å². The third-order valence-corrected chi connectivity index (χ3v) is 5.96. The van der Waals surface area contributed by atoms with Crippen LogP contribution < -0.4 is 10.1 Å². The summed E-state index contributed by atoms with van der Waals surface area (Å²) < 4.78 is 5.58. The summed E-state index contributed by atoms with van der Waals surface area (Å²) >= 11 is 0. The summed E-state index contributed by atoms with van der Waals surface area (Å²) in [6.45, 7) is 7.16. The molecule has 0 saturated heterocycles. The summed E-state index contributed by atoms with van der Waals surface area (Å²) in [6, 6.07) is 9.40. The number of carbonyl (C=O) groups is 3. The molecule has 3 rings (SSSR count). The summed E-state index contributed by atoms with van der Waals surface area (Å²) in [5.74, 6) is -0.371. The van der Waals surface area contributed by atoms with Crippen molar-refractivity contribution in [1.82, 2.24) is 15.2 Å². The zero-order valence-electron chi connectivity index (χ0n) is 19.0. The highest BCUT2D eigenvalue weighted by Gasteiger charge is 2.29. The largest absolute Gasteiger partial charge is 0.493 e. The maximum absolute atomic E-state index is 12.6. The van der Waals surface area contributed by atoms with Gasteiger partial charge in [0.15, 0.2) is 0 Å². The quantitative estimate of drug-likeness (QED) is 0.610. The molecule has 1 aromatic carbocycles. The molecule has 2 amide bonds. The highest BCUT2D eigenvalue weighted by Crippen LogP contribution is 2.24. The molecule has 1 aliphatic rings. The number of pyridine rings is 1. The zero-order chi connectivity index (χ0) is 23.1. The molecule has 0 bridgehead atoms. The SMILES string of the molecule is CCC(C)C(=O)C(=O)N1CCc2c(cnc(C)c2CNC(=O)CCOc2ccccc2)C1. The molecule has 2 heterocycles. The number of ether oxygens (including phenoxy) is 1. The van der Waals surface area contributed by atoms with E-state index >= 15 is 0 Å². The normalized spacial score (nSPS) is 13.8. The lowest BCUT2D eigenvalue weighted by Gasteiger charge is -2.30. The number of nitrogens with one attached hydrogen (secondary N) is 1. The van der Waals surface area contributed by atoms with E-state index in [1.54, 1.807) is 18.0 Å². The summed E-state index contributed by atoms with van der Waals surface area (Å²) in [6.07, 6.45) is 3.32. The lowest BCUT2D eigenvalue weighted by molar-refractivity contribution is -0.147. The molecule has 170 valence electrons. The van der Waals surface area contributed by atoms with Crippen molar-refractivity contribution < 1.29 is 19.1 Å². The summed E-state index contributed by atoms with van der Waals surface area (Å²) in [5, 5.41) is 2.96. The van der Waals surface area contributed by atoms with E-state index in [1.807, 2.05) is 44.2 Å². The number of aryl methyl sites for hydroxylation is 1. The fourth-order valence-corrected chi connectivity index (χ4v) is 3.74. The lowest BCUT2D eigenvalue weighted by atomic mass is 9.94. The fourth-order valence-electron chi connectivity index (χ4n) is 3.74. The van der Waals surface area contributed by atoms with E-state index in [1.165, 1.54) is 0 Å². The topological polar surface area (TPSA) is 88.6 Å². The van der Waals surface area contributed by atoms with E-state index in [9.17, 15) is 14.4 Å². The van der Waals surface area contributed by atoms with Crippen LogP contribution in [0.25, 0.3) is 0 Å². The van der Waals surface area contributed by atoms with Gasteiger partial charge in [0.05, 0.1) is 13.0 Å². The van der Waals surface area contributed by atoms with Crippen LogP contribution in [0.2, 0.25) is 0 Å². The standard InChI is InChI=1S/C25H31N3O4/c1-4-17(2)24(30)25(31)28-12-10-21-19(16-28)14-26-18(3)22(21)15-27-23(29)11-13-32-20-8-6-5-7-9-20/h5-9,14,17H,4,10-13,15-16H2,1-3H3,(H,27,29). The number of hydrogen-bond acceptors (Lipinski definition) is 5. The highest BCUT2D eigenvalue weighted by atomic mass is 16.5. The van der Waals surface area contributed by atoms with Crippen molar-refractivity contribution >= 4 is 17.6 Å². The number of nitrogens with zero attached hydrogens (tertiary/aromatic N) is 2. The van der Waals surface area contributed by atoms with Gasteiger partial charge in [0.1, 0.15) is 5.75 Å². The van der Waals surface area contributed by atoms with E-state index in [4.69, 9.17) is 4.74 Å². The van der Waals surface area contributed by atoms with Crippen LogP contribution in [0.4, 0.5) is 0 Å². The molecular weight excluding hydrogens is 406 g/mol. The Balaban J connectivity index is 1.58. The Bertz CT molecular complexity index is 975. The van der Waals surface area contributed by atoms with E-state index < -0.39 is 5.91 Å². The van der Waals surface area contributed by atoms with Gasteiger partial charge in [-0.2, -0.15) is 0 Å². The number of aromatic nitrogens is 1. The minimum Gasteiger partial charge on any atom is -0.493 e. The molecule has 2 aromatic rings. The van der Waals surface area contributed by atoms with E-state index in [-0.39, 0.29) is 24.0 Å². The van der Waals surface area contributed by atoms with E-state index in [0.717, 1.165) is 28.1 Å². The molecule has 32 heavy (non-hydrogen) atoms. The molecule has 7 heteroatoms. The summed E-state index contributed by atoms with van der Waals surface area (Å²) in [5.41, 5.74) is 3.89. The maximum atomic E-state index is 12.6. The van der Waals surface area contributed by atoms with Crippen LogP contribution in [0.15, 0.2) is 36.5 Å². The van der Waals surface area contributed by atoms with E-state index in [2.05, 4.69) is 10.3 Å². The first-order valence-corrected chi connectivity index (χ1v) is 11.1. The van der Waals surface area contributed by atoms with Gasteiger partial charge in [-0.05, 0) is 48.6 Å². The van der Waals surface area contributed by atoms with Crippen molar-refractivity contribution in [2.75, 3.05) is 13.2 Å². The molecule has 1 aromatic heterocycles. The Morgan fingerprint density at radius 3 is 2.69 bits per heavy atom. The fraction of sp³-hybridized carbons (Fsp3) is 0.440. The number of benzene rings is 1. The molecule has 1 atom stereocenters. The van der Waals surface area contributed by atoms with Crippen LogP contribution in [0.3, 0.4) is 0 Å². The van der Waals surface area contributed by atoms with Crippen molar-refractivity contribution in [3.05, 3.63) is 58.9 Å². The zero-order valence-corrected chi connectivity index (χ0v) is 19.0. The number of para-hydroxylation sites is 1. The predicted octanol–water partition coefficient (Wildman–Crippen LogP) is 2.98. The molecule has 1 unspecified atom stereocenters. The van der Waals surface area contributed by atoms with Crippen molar-refractivity contribution in [2.45, 2.75) is 53.1 Å². The third kappa shape index (κ3) is 5.72. The Hall–Kier alpha value is -3.22. The Labute approximate surface area is 189 Å². The second-order valence-electron chi connectivity index (χ2n) is 8.16. The number of rotatable bonds is 9. The predicted molar refractivity (Wildman–Crippen MR) is 121 cm³/mol. The molecule has 0 saturated carbocycles. The van der Waals surface area contributed by atoms with Gasteiger partial charge < -0.3 is 15.0 Å². The van der Waals surface area contributed by atoms with Gasteiger partial charge in [-0.3, -0.25) is 19.4 Å². The minimum atomic E-state index is -0.418. The molecule has 0 radical (unpaired) electrons. The number of Topliss-reactive ketones (excluding diaryl/α,β-unsaturated/α-hetero) is 1. The molecule has 7 nitrogen and oxygen atoms in total. The van der Waals surface area contributed by atoms with Crippen LogP contribution in [-0.4, -0.2) is 40.6 Å². The van der Waals surface area contributed by atoms with E-state index in [0.29, 0.717) is 39.1 Å². The minimum absolute atomic E-state index is 0.0929. The highest BCUT2D eigenvalue weighted by molar-refractivity contribution is 6.36. The molecule has 1 aliphatic heterocycles. The Morgan fingerprint density at radius 2 is 1.97 bits per heavy atom. The van der Waals surface area contributed by atoms with Gasteiger partial charge in [-0.15, -0.1) is 0 Å².